The van der Waals surface area contributed by atoms with Gasteiger partial charge in [0.1, 0.15) is 6.54 Å². The van der Waals surface area contributed by atoms with Gasteiger partial charge in [0.15, 0.2) is 6.54 Å². The lowest BCUT2D eigenvalue weighted by Crippen LogP contribution is -3.08. The van der Waals surface area contributed by atoms with Gasteiger partial charge in [-0.05, 0) is 41.8 Å². The van der Waals surface area contributed by atoms with Crippen molar-refractivity contribution in [2.24, 2.45) is 0 Å². The molecule has 0 spiro atoms. The van der Waals surface area contributed by atoms with E-state index < -0.39 is 0 Å². The number of carbonyl (C=O) groups is 1. The van der Waals surface area contributed by atoms with Gasteiger partial charge in [0.05, 0.1) is 7.05 Å². The number of quaternary nitrogens is 1. The molecule has 3 nitrogen and oxygen atoms in total. The van der Waals surface area contributed by atoms with Gasteiger partial charge in [-0.15, -0.1) is 0 Å². The summed E-state index contributed by atoms with van der Waals surface area (Å²) in [5, 5.41) is 5.55. The first-order valence-corrected chi connectivity index (χ1v) is 8.68. The summed E-state index contributed by atoms with van der Waals surface area (Å²) < 4.78 is 0. The van der Waals surface area contributed by atoms with Gasteiger partial charge in [-0.25, -0.2) is 0 Å². The minimum atomic E-state index is 0.0476. The summed E-state index contributed by atoms with van der Waals surface area (Å²) in [6, 6.07) is 20.7. The summed E-state index contributed by atoms with van der Waals surface area (Å²) in [5.74, 6) is 0.0476. The number of aryl methyl sites for hydroxylation is 1. The van der Waals surface area contributed by atoms with Crippen molar-refractivity contribution in [3.63, 3.8) is 0 Å². The lowest BCUT2D eigenvalue weighted by atomic mass is 10.0. The zero-order valence-electron chi connectivity index (χ0n) is 15.1. The maximum atomic E-state index is 12.4. The van der Waals surface area contributed by atoms with E-state index in [1.165, 1.54) is 26.8 Å². The quantitative estimate of drug-likeness (QED) is 0.739. The van der Waals surface area contributed by atoms with E-state index in [4.69, 9.17) is 0 Å². The Morgan fingerprint density at radius 1 is 0.960 bits per heavy atom. The monoisotopic (exact) mass is 333 g/mol. The Bertz CT molecular complexity index is 896. The number of rotatable bonds is 5. The summed E-state index contributed by atoms with van der Waals surface area (Å²) in [4.78, 5) is 13.6. The molecule has 0 saturated heterocycles. The highest BCUT2D eigenvalue weighted by Crippen LogP contribution is 2.18. The van der Waals surface area contributed by atoms with Crippen LogP contribution in [0.25, 0.3) is 10.8 Å². The number of carbonyl (C=O) groups excluding carboxylic acids is 1. The summed E-state index contributed by atoms with van der Waals surface area (Å²) in [6.07, 6.45) is 0. The van der Waals surface area contributed by atoms with Crippen LogP contribution in [0.4, 0.5) is 5.69 Å². The maximum absolute atomic E-state index is 12.4. The number of benzene rings is 3. The normalized spacial score (nSPS) is 12.1. The molecule has 0 aromatic heterocycles. The first-order valence-electron chi connectivity index (χ1n) is 8.68. The van der Waals surface area contributed by atoms with E-state index in [9.17, 15) is 4.79 Å². The molecular weight excluding hydrogens is 308 g/mol. The first-order chi connectivity index (χ1) is 12.0. The van der Waals surface area contributed by atoms with Crippen molar-refractivity contribution in [1.82, 2.24) is 0 Å². The topological polar surface area (TPSA) is 33.5 Å². The number of hydrogen-bond acceptors (Lipinski definition) is 1. The number of likely N-dealkylation sites (N-methyl/N-ethyl adjacent to an activating group) is 1. The van der Waals surface area contributed by atoms with E-state index in [1.807, 2.05) is 19.1 Å². The van der Waals surface area contributed by atoms with Crippen LogP contribution in [0.3, 0.4) is 0 Å². The molecule has 0 fully saturated rings. The smallest absolute Gasteiger partial charge is 0.279 e. The van der Waals surface area contributed by atoms with E-state index in [1.54, 1.807) is 0 Å². The second kappa shape index (κ2) is 7.49. The molecular formula is C22H25N2O+. The zero-order valence-corrected chi connectivity index (χ0v) is 15.1. The third kappa shape index (κ3) is 4.06. The van der Waals surface area contributed by atoms with E-state index in [-0.39, 0.29) is 5.91 Å². The molecule has 3 rings (SSSR count). The summed E-state index contributed by atoms with van der Waals surface area (Å²) in [6.45, 7) is 5.36. The molecule has 1 amide bonds. The van der Waals surface area contributed by atoms with Gasteiger partial charge in [0, 0.05) is 11.3 Å². The van der Waals surface area contributed by atoms with Crippen molar-refractivity contribution in [2.45, 2.75) is 20.4 Å². The Hall–Kier alpha value is -2.65. The van der Waals surface area contributed by atoms with Crippen LogP contribution in [0.2, 0.25) is 0 Å². The van der Waals surface area contributed by atoms with Crippen molar-refractivity contribution in [3.8, 4) is 0 Å². The molecule has 128 valence electrons. The van der Waals surface area contributed by atoms with Crippen LogP contribution in [0.15, 0.2) is 60.7 Å². The van der Waals surface area contributed by atoms with E-state index >= 15 is 0 Å². The van der Waals surface area contributed by atoms with Crippen molar-refractivity contribution in [3.05, 3.63) is 77.4 Å². The molecule has 2 N–H and O–H groups in total. The SMILES string of the molecule is Cc1cccc(NC(=O)C[NH+](C)Cc2cccc3ccccc23)c1C. The fourth-order valence-electron chi connectivity index (χ4n) is 3.19. The molecule has 0 bridgehead atoms. The Kier molecular flexibility index (Phi) is 5.15. The lowest BCUT2D eigenvalue weighted by Gasteiger charge is -2.16. The molecule has 3 heteroatoms. The molecule has 0 aliphatic rings. The summed E-state index contributed by atoms with van der Waals surface area (Å²) >= 11 is 0. The molecule has 0 aliphatic carbocycles. The van der Waals surface area contributed by atoms with Gasteiger partial charge in [-0.1, -0.05) is 54.6 Å². The lowest BCUT2D eigenvalue weighted by molar-refractivity contribution is -0.885. The van der Waals surface area contributed by atoms with Crippen LogP contribution in [0.1, 0.15) is 16.7 Å². The number of hydrogen-bond donors (Lipinski definition) is 2. The highest BCUT2D eigenvalue weighted by molar-refractivity contribution is 5.92. The van der Waals surface area contributed by atoms with Gasteiger partial charge in [0.2, 0.25) is 0 Å². The number of fused-ring (bicyclic) bond motifs is 1. The van der Waals surface area contributed by atoms with Crippen LogP contribution in [-0.4, -0.2) is 19.5 Å². The fraction of sp³-hybridized carbons (Fsp3) is 0.227. The molecule has 1 unspecified atom stereocenters. The predicted octanol–water partition coefficient (Wildman–Crippen LogP) is 3.11. The molecule has 0 aliphatic heterocycles. The zero-order chi connectivity index (χ0) is 17.8. The van der Waals surface area contributed by atoms with Crippen LogP contribution in [-0.2, 0) is 11.3 Å². The minimum absolute atomic E-state index is 0.0476. The molecule has 0 radical (unpaired) electrons. The average Bonchev–Trinajstić information content (AvgIpc) is 2.59. The largest absolute Gasteiger partial charge is 0.326 e. The minimum Gasteiger partial charge on any atom is -0.326 e. The first kappa shape index (κ1) is 17.2. The number of nitrogens with one attached hydrogen (secondary N) is 2. The molecule has 3 aromatic rings. The van der Waals surface area contributed by atoms with Crippen molar-refractivity contribution in [2.75, 3.05) is 18.9 Å². The van der Waals surface area contributed by atoms with Crippen LogP contribution < -0.4 is 10.2 Å². The second-order valence-corrected chi connectivity index (χ2v) is 6.74. The Morgan fingerprint density at radius 2 is 1.68 bits per heavy atom. The standard InChI is InChI=1S/C22H24N2O/c1-16-8-6-13-21(17(16)2)23-22(25)15-24(3)14-19-11-7-10-18-9-4-5-12-20(18)19/h4-13H,14-15H2,1-3H3,(H,23,25)/p+1. The molecule has 1 atom stereocenters. The highest BCUT2D eigenvalue weighted by atomic mass is 16.2. The van der Waals surface area contributed by atoms with Gasteiger partial charge in [0.25, 0.3) is 5.91 Å². The van der Waals surface area contributed by atoms with E-state index in [2.05, 4.69) is 67.8 Å². The molecule has 3 aromatic carbocycles. The van der Waals surface area contributed by atoms with Gasteiger partial charge in [-0.3, -0.25) is 4.79 Å². The Balaban J connectivity index is 1.66. The molecule has 25 heavy (non-hydrogen) atoms. The van der Waals surface area contributed by atoms with E-state index in [0.717, 1.165) is 17.8 Å². The van der Waals surface area contributed by atoms with Crippen molar-refractivity contribution in [1.29, 1.82) is 0 Å². The Labute approximate surface area is 149 Å². The van der Waals surface area contributed by atoms with Crippen molar-refractivity contribution < 1.29 is 9.69 Å². The second-order valence-electron chi connectivity index (χ2n) is 6.74. The van der Waals surface area contributed by atoms with Crippen LogP contribution in [0.5, 0.6) is 0 Å². The van der Waals surface area contributed by atoms with Gasteiger partial charge >= 0.3 is 0 Å². The van der Waals surface area contributed by atoms with Crippen molar-refractivity contribution >= 4 is 22.4 Å². The predicted molar refractivity (Wildman–Crippen MR) is 104 cm³/mol. The molecule has 0 saturated carbocycles. The van der Waals surface area contributed by atoms with Crippen LogP contribution in [0, 0.1) is 13.8 Å². The average molecular weight is 333 g/mol. The summed E-state index contributed by atoms with van der Waals surface area (Å²) in [5.41, 5.74) is 4.50. The van der Waals surface area contributed by atoms with Gasteiger partial charge < -0.3 is 10.2 Å². The number of amides is 1. The van der Waals surface area contributed by atoms with Gasteiger partial charge in [-0.2, -0.15) is 0 Å². The fourth-order valence-corrected chi connectivity index (χ4v) is 3.19. The third-order valence-corrected chi connectivity index (χ3v) is 4.71. The maximum Gasteiger partial charge on any atom is 0.279 e. The number of anilines is 1. The summed E-state index contributed by atoms with van der Waals surface area (Å²) in [7, 11) is 2.06. The van der Waals surface area contributed by atoms with Crippen LogP contribution >= 0.6 is 0 Å². The third-order valence-electron chi connectivity index (χ3n) is 4.71. The highest BCUT2D eigenvalue weighted by Gasteiger charge is 2.13. The Morgan fingerprint density at radius 3 is 2.52 bits per heavy atom. The van der Waals surface area contributed by atoms with E-state index in [0.29, 0.717) is 6.54 Å². The molecule has 0 heterocycles.